The molecule has 2 rings (SSSR count). The van der Waals surface area contributed by atoms with Gasteiger partial charge in [-0.2, -0.15) is 0 Å². The summed E-state index contributed by atoms with van der Waals surface area (Å²) in [5.41, 5.74) is 0.186. The molecule has 1 aromatic rings. The van der Waals surface area contributed by atoms with E-state index in [4.69, 9.17) is 0 Å². The highest BCUT2D eigenvalue weighted by atomic mass is 79.9. The van der Waals surface area contributed by atoms with Gasteiger partial charge in [-0.1, -0.05) is 40.9 Å². The van der Waals surface area contributed by atoms with Gasteiger partial charge in [-0.05, 0) is 25.0 Å². The summed E-state index contributed by atoms with van der Waals surface area (Å²) < 4.78 is 13.7. The van der Waals surface area contributed by atoms with Gasteiger partial charge in [0.25, 0.3) is 5.91 Å². The zero-order chi connectivity index (χ0) is 13.0. The quantitative estimate of drug-likeness (QED) is 0.764. The molecule has 1 amide bonds. The van der Waals surface area contributed by atoms with E-state index in [0.29, 0.717) is 0 Å². The standard InChI is InChI=1S/C14H17BrFNO/c15-10-11-6-2-1-5-9-17(11)14(18)12-7-3-4-8-13(12)16/h3-4,7-8,11H,1-2,5-6,9-10H2. The molecule has 1 unspecified atom stereocenters. The van der Waals surface area contributed by atoms with Gasteiger partial charge in [0.1, 0.15) is 5.82 Å². The number of rotatable bonds is 2. The number of carbonyl (C=O) groups is 1. The molecule has 0 spiro atoms. The van der Waals surface area contributed by atoms with Crippen LogP contribution in [0.5, 0.6) is 0 Å². The Kier molecular flexibility index (Phi) is 4.75. The number of alkyl halides is 1. The number of hydrogen-bond donors (Lipinski definition) is 0. The molecule has 2 nitrogen and oxygen atoms in total. The third-order valence-corrected chi connectivity index (χ3v) is 4.17. The van der Waals surface area contributed by atoms with Crippen LogP contribution in [0.1, 0.15) is 36.0 Å². The van der Waals surface area contributed by atoms with E-state index in [2.05, 4.69) is 15.9 Å². The van der Waals surface area contributed by atoms with Crippen LogP contribution in [0.25, 0.3) is 0 Å². The van der Waals surface area contributed by atoms with Crippen LogP contribution in [-0.4, -0.2) is 28.7 Å². The Morgan fingerprint density at radius 1 is 1.33 bits per heavy atom. The van der Waals surface area contributed by atoms with Crippen molar-refractivity contribution in [2.45, 2.75) is 31.7 Å². The Bertz CT molecular complexity index is 424. The summed E-state index contributed by atoms with van der Waals surface area (Å²) in [7, 11) is 0. The van der Waals surface area contributed by atoms with Crippen LogP contribution in [0, 0.1) is 5.82 Å². The van der Waals surface area contributed by atoms with Crippen molar-refractivity contribution in [2.24, 2.45) is 0 Å². The molecule has 0 saturated carbocycles. The van der Waals surface area contributed by atoms with Crippen molar-refractivity contribution in [3.8, 4) is 0 Å². The third-order valence-electron chi connectivity index (χ3n) is 3.42. The number of benzene rings is 1. The van der Waals surface area contributed by atoms with Crippen molar-refractivity contribution < 1.29 is 9.18 Å². The molecule has 4 heteroatoms. The predicted octanol–water partition coefficient (Wildman–Crippen LogP) is 3.61. The molecule has 18 heavy (non-hydrogen) atoms. The maximum Gasteiger partial charge on any atom is 0.257 e. The molecule has 1 atom stereocenters. The molecular weight excluding hydrogens is 297 g/mol. The largest absolute Gasteiger partial charge is 0.335 e. The minimum atomic E-state index is -0.430. The van der Waals surface area contributed by atoms with Crippen molar-refractivity contribution in [2.75, 3.05) is 11.9 Å². The second-order valence-electron chi connectivity index (χ2n) is 4.64. The molecule has 0 radical (unpaired) electrons. The van der Waals surface area contributed by atoms with E-state index in [9.17, 15) is 9.18 Å². The first-order valence-corrected chi connectivity index (χ1v) is 7.47. The van der Waals surface area contributed by atoms with Crippen molar-refractivity contribution >= 4 is 21.8 Å². The van der Waals surface area contributed by atoms with Crippen molar-refractivity contribution in [1.82, 2.24) is 4.90 Å². The topological polar surface area (TPSA) is 20.3 Å². The van der Waals surface area contributed by atoms with Crippen LogP contribution in [0.3, 0.4) is 0 Å². The van der Waals surface area contributed by atoms with Crippen LogP contribution in [0.4, 0.5) is 4.39 Å². The van der Waals surface area contributed by atoms with Crippen LogP contribution in [0.15, 0.2) is 24.3 Å². The van der Waals surface area contributed by atoms with E-state index in [-0.39, 0.29) is 17.5 Å². The van der Waals surface area contributed by atoms with Crippen LogP contribution in [0.2, 0.25) is 0 Å². The van der Waals surface area contributed by atoms with E-state index in [1.165, 1.54) is 6.07 Å². The molecule has 1 aliphatic heterocycles. The summed E-state index contributed by atoms with van der Waals surface area (Å²) in [6.07, 6.45) is 4.27. The number of nitrogens with zero attached hydrogens (tertiary/aromatic N) is 1. The zero-order valence-corrected chi connectivity index (χ0v) is 11.8. The van der Waals surface area contributed by atoms with Crippen molar-refractivity contribution in [3.63, 3.8) is 0 Å². The third kappa shape index (κ3) is 2.91. The average molecular weight is 314 g/mol. The molecule has 1 aliphatic rings. The normalized spacial score (nSPS) is 20.6. The highest BCUT2D eigenvalue weighted by Gasteiger charge is 2.26. The molecule has 1 fully saturated rings. The van der Waals surface area contributed by atoms with Gasteiger partial charge in [-0.15, -0.1) is 0 Å². The Morgan fingerprint density at radius 3 is 2.83 bits per heavy atom. The van der Waals surface area contributed by atoms with Gasteiger partial charge in [0.15, 0.2) is 0 Å². The van der Waals surface area contributed by atoms with Gasteiger partial charge in [0, 0.05) is 17.9 Å². The molecule has 0 aliphatic carbocycles. The minimum absolute atomic E-state index is 0.180. The van der Waals surface area contributed by atoms with E-state index < -0.39 is 5.82 Å². The minimum Gasteiger partial charge on any atom is -0.335 e. The highest BCUT2D eigenvalue weighted by Crippen LogP contribution is 2.21. The van der Waals surface area contributed by atoms with Gasteiger partial charge in [-0.3, -0.25) is 4.79 Å². The van der Waals surface area contributed by atoms with Gasteiger partial charge in [0.05, 0.1) is 5.56 Å². The van der Waals surface area contributed by atoms with Gasteiger partial charge in [-0.25, -0.2) is 4.39 Å². The lowest BCUT2D eigenvalue weighted by Gasteiger charge is -2.28. The number of amides is 1. The fourth-order valence-electron chi connectivity index (χ4n) is 2.39. The maximum absolute atomic E-state index is 13.7. The summed E-state index contributed by atoms with van der Waals surface area (Å²) in [6, 6.07) is 6.40. The smallest absolute Gasteiger partial charge is 0.257 e. The van der Waals surface area contributed by atoms with Gasteiger partial charge >= 0.3 is 0 Å². The highest BCUT2D eigenvalue weighted by molar-refractivity contribution is 9.09. The van der Waals surface area contributed by atoms with E-state index in [0.717, 1.165) is 37.6 Å². The maximum atomic E-state index is 13.7. The van der Waals surface area contributed by atoms with Crippen molar-refractivity contribution in [1.29, 1.82) is 0 Å². The summed E-state index contributed by atoms with van der Waals surface area (Å²) in [6.45, 7) is 0.726. The SMILES string of the molecule is O=C(c1ccccc1F)N1CCCCCC1CBr. The fourth-order valence-corrected chi connectivity index (χ4v) is 3.07. The fraction of sp³-hybridized carbons (Fsp3) is 0.500. The van der Waals surface area contributed by atoms with Crippen LogP contribution >= 0.6 is 15.9 Å². The second-order valence-corrected chi connectivity index (χ2v) is 5.28. The number of carbonyl (C=O) groups excluding carboxylic acids is 1. The Hall–Kier alpha value is -0.900. The molecule has 0 bridgehead atoms. The monoisotopic (exact) mass is 313 g/mol. The average Bonchev–Trinajstić information content (AvgIpc) is 2.63. The summed E-state index contributed by atoms with van der Waals surface area (Å²) >= 11 is 3.46. The second kappa shape index (κ2) is 6.32. The number of hydrogen-bond acceptors (Lipinski definition) is 1. The summed E-state index contributed by atoms with van der Waals surface area (Å²) in [4.78, 5) is 14.2. The predicted molar refractivity (Wildman–Crippen MR) is 73.5 cm³/mol. The molecule has 1 saturated heterocycles. The first kappa shape index (κ1) is 13.5. The Labute approximate surface area is 115 Å². The van der Waals surface area contributed by atoms with E-state index in [1.807, 2.05) is 4.90 Å². The van der Waals surface area contributed by atoms with E-state index >= 15 is 0 Å². The Balaban J connectivity index is 2.23. The summed E-state index contributed by atoms with van der Waals surface area (Å²) in [5, 5.41) is 0.757. The Morgan fingerprint density at radius 2 is 2.11 bits per heavy atom. The first-order chi connectivity index (χ1) is 8.74. The zero-order valence-electron chi connectivity index (χ0n) is 10.2. The molecule has 1 heterocycles. The summed E-state index contributed by atoms with van der Waals surface area (Å²) in [5.74, 6) is -0.612. The molecule has 0 N–H and O–H groups in total. The number of likely N-dealkylation sites (tertiary alicyclic amines) is 1. The molecule has 1 aromatic carbocycles. The van der Waals surface area contributed by atoms with Crippen molar-refractivity contribution in [3.05, 3.63) is 35.6 Å². The van der Waals surface area contributed by atoms with Crippen LogP contribution in [-0.2, 0) is 0 Å². The lowest BCUT2D eigenvalue weighted by Crippen LogP contribution is -2.41. The lowest BCUT2D eigenvalue weighted by molar-refractivity contribution is 0.0697. The van der Waals surface area contributed by atoms with Gasteiger partial charge < -0.3 is 4.90 Å². The van der Waals surface area contributed by atoms with Gasteiger partial charge in [0.2, 0.25) is 0 Å². The first-order valence-electron chi connectivity index (χ1n) is 6.35. The van der Waals surface area contributed by atoms with E-state index in [1.54, 1.807) is 18.2 Å². The molecular formula is C14H17BrFNO. The molecule has 98 valence electrons. The van der Waals surface area contributed by atoms with Crippen LogP contribution < -0.4 is 0 Å². The number of halogens is 2. The molecule has 0 aromatic heterocycles. The lowest BCUT2D eigenvalue weighted by atomic mass is 10.1.